The predicted molar refractivity (Wildman–Crippen MR) is 36.1 cm³/mol. The van der Waals surface area contributed by atoms with E-state index in [1.165, 1.54) is 0 Å². The molecule has 0 bridgehead atoms. The average molecular weight is 194 g/mol. The lowest BCUT2D eigenvalue weighted by atomic mass is 10.0. The van der Waals surface area contributed by atoms with Gasteiger partial charge in [0.1, 0.15) is 12.7 Å². The fourth-order valence-corrected chi connectivity index (χ4v) is 1.03. The summed E-state index contributed by atoms with van der Waals surface area (Å²) in [5, 5.41) is 44.4. The number of aliphatic hydroxyl groups is 5. The van der Waals surface area contributed by atoms with Gasteiger partial charge in [-0.15, -0.1) is 0 Å². The normalized spacial score (nSPS) is 34.8. The molecule has 1 unspecified atom stereocenters. The fraction of sp³-hybridized carbons (Fsp3) is 0.833. The molecule has 1 saturated heterocycles. The van der Waals surface area contributed by atoms with Crippen LogP contribution in [-0.4, -0.2) is 62.2 Å². The van der Waals surface area contributed by atoms with Gasteiger partial charge < -0.3 is 30.3 Å². The third-order valence-electron chi connectivity index (χ3n) is 1.81. The summed E-state index contributed by atoms with van der Waals surface area (Å²) in [6.45, 7) is -1.12. The molecular formula is C6H10O7. The SMILES string of the molecule is O=C1O[C@H](C(O)(O)CO)C(O)[C@H]1O. The van der Waals surface area contributed by atoms with Crippen LogP contribution in [0.15, 0.2) is 0 Å². The third kappa shape index (κ3) is 1.64. The van der Waals surface area contributed by atoms with Gasteiger partial charge in [0, 0.05) is 0 Å². The maximum Gasteiger partial charge on any atom is 0.338 e. The van der Waals surface area contributed by atoms with Crippen LogP contribution in [0.3, 0.4) is 0 Å². The molecule has 1 aliphatic rings. The van der Waals surface area contributed by atoms with Gasteiger partial charge in [-0.2, -0.15) is 0 Å². The van der Waals surface area contributed by atoms with E-state index in [-0.39, 0.29) is 0 Å². The van der Waals surface area contributed by atoms with E-state index in [1.807, 2.05) is 0 Å². The second kappa shape index (κ2) is 3.20. The van der Waals surface area contributed by atoms with Crippen LogP contribution in [0.4, 0.5) is 0 Å². The summed E-state index contributed by atoms with van der Waals surface area (Å²) in [5.74, 6) is -3.90. The molecule has 0 spiro atoms. The van der Waals surface area contributed by atoms with Crippen molar-refractivity contribution in [2.75, 3.05) is 6.61 Å². The Morgan fingerprint density at radius 1 is 1.38 bits per heavy atom. The van der Waals surface area contributed by atoms with E-state index in [9.17, 15) is 4.79 Å². The summed E-state index contributed by atoms with van der Waals surface area (Å²) in [7, 11) is 0. The number of aliphatic hydroxyl groups excluding tert-OH is 3. The van der Waals surface area contributed by atoms with Crippen molar-refractivity contribution >= 4 is 5.97 Å². The first-order valence-electron chi connectivity index (χ1n) is 3.52. The van der Waals surface area contributed by atoms with Crippen LogP contribution in [0.25, 0.3) is 0 Å². The molecule has 1 rings (SSSR count). The van der Waals surface area contributed by atoms with E-state index in [4.69, 9.17) is 25.5 Å². The minimum absolute atomic E-state index is 1.12. The van der Waals surface area contributed by atoms with Crippen molar-refractivity contribution in [1.29, 1.82) is 0 Å². The van der Waals surface area contributed by atoms with Gasteiger partial charge in [0.2, 0.25) is 5.79 Å². The molecule has 13 heavy (non-hydrogen) atoms. The molecule has 1 heterocycles. The molecule has 0 aromatic carbocycles. The molecule has 3 atom stereocenters. The second-order valence-electron chi connectivity index (χ2n) is 2.83. The van der Waals surface area contributed by atoms with Crippen LogP contribution in [0.5, 0.6) is 0 Å². The highest BCUT2D eigenvalue weighted by Gasteiger charge is 2.52. The monoisotopic (exact) mass is 194 g/mol. The van der Waals surface area contributed by atoms with Gasteiger partial charge in [-0.05, 0) is 0 Å². The van der Waals surface area contributed by atoms with E-state index in [0.29, 0.717) is 0 Å². The molecule has 1 fully saturated rings. The van der Waals surface area contributed by atoms with Crippen molar-refractivity contribution < 1.29 is 35.1 Å². The summed E-state index contributed by atoms with van der Waals surface area (Å²) < 4.78 is 4.24. The van der Waals surface area contributed by atoms with Gasteiger partial charge in [-0.3, -0.25) is 0 Å². The Hall–Kier alpha value is -0.730. The molecule has 7 heteroatoms. The fourth-order valence-electron chi connectivity index (χ4n) is 1.03. The lowest BCUT2D eigenvalue weighted by Crippen LogP contribution is -2.51. The smallest absolute Gasteiger partial charge is 0.338 e. The van der Waals surface area contributed by atoms with Gasteiger partial charge in [0.25, 0.3) is 0 Å². The van der Waals surface area contributed by atoms with Gasteiger partial charge in [0.15, 0.2) is 12.2 Å². The summed E-state index contributed by atoms with van der Waals surface area (Å²) >= 11 is 0. The molecule has 0 saturated carbocycles. The zero-order valence-corrected chi connectivity index (χ0v) is 6.49. The lowest BCUT2D eigenvalue weighted by Gasteiger charge is -2.26. The van der Waals surface area contributed by atoms with Crippen LogP contribution >= 0.6 is 0 Å². The zero-order chi connectivity index (χ0) is 10.2. The van der Waals surface area contributed by atoms with Crippen LogP contribution < -0.4 is 0 Å². The molecule has 1 aliphatic heterocycles. The summed E-state index contributed by atoms with van der Waals surface area (Å²) in [6.07, 6.45) is -5.30. The van der Waals surface area contributed by atoms with Crippen molar-refractivity contribution in [3.05, 3.63) is 0 Å². The second-order valence-corrected chi connectivity index (χ2v) is 2.83. The maximum absolute atomic E-state index is 10.6. The van der Waals surface area contributed by atoms with E-state index < -0.39 is 36.7 Å². The average Bonchev–Trinajstić information content (AvgIpc) is 2.33. The number of ether oxygens (including phenoxy) is 1. The number of cyclic esters (lactones) is 1. The number of hydrogen-bond donors (Lipinski definition) is 5. The first-order chi connectivity index (χ1) is 5.90. The molecule has 0 amide bonds. The van der Waals surface area contributed by atoms with Gasteiger partial charge in [0.05, 0.1) is 0 Å². The minimum atomic E-state index is -2.74. The molecule has 0 radical (unpaired) electrons. The minimum Gasteiger partial charge on any atom is -0.452 e. The van der Waals surface area contributed by atoms with Gasteiger partial charge in [-0.25, -0.2) is 4.79 Å². The zero-order valence-electron chi connectivity index (χ0n) is 6.49. The Kier molecular flexibility index (Phi) is 2.55. The predicted octanol–water partition coefficient (Wildman–Crippen LogP) is -3.69. The quantitative estimate of drug-likeness (QED) is 0.226. The molecule has 0 aromatic heterocycles. The highest BCUT2D eigenvalue weighted by molar-refractivity contribution is 5.77. The Labute approximate surface area is 72.8 Å². The van der Waals surface area contributed by atoms with Crippen molar-refractivity contribution in [2.45, 2.75) is 24.1 Å². The Bertz CT molecular complexity index is 213. The lowest BCUT2D eigenvalue weighted by molar-refractivity contribution is -0.257. The molecular weight excluding hydrogens is 184 g/mol. The Morgan fingerprint density at radius 2 is 1.92 bits per heavy atom. The van der Waals surface area contributed by atoms with E-state index in [2.05, 4.69) is 4.74 Å². The van der Waals surface area contributed by atoms with Gasteiger partial charge >= 0.3 is 5.97 Å². The van der Waals surface area contributed by atoms with Crippen molar-refractivity contribution in [2.24, 2.45) is 0 Å². The number of carbonyl (C=O) groups is 1. The van der Waals surface area contributed by atoms with Crippen molar-refractivity contribution in [3.63, 3.8) is 0 Å². The van der Waals surface area contributed by atoms with E-state index in [1.54, 1.807) is 0 Å². The van der Waals surface area contributed by atoms with Crippen LogP contribution in [0.2, 0.25) is 0 Å². The number of rotatable bonds is 2. The molecule has 0 aromatic rings. The molecule has 76 valence electrons. The van der Waals surface area contributed by atoms with Gasteiger partial charge in [-0.1, -0.05) is 0 Å². The first kappa shape index (κ1) is 10.4. The van der Waals surface area contributed by atoms with Crippen LogP contribution in [-0.2, 0) is 9.53 Å². The van der Waals surface area contributed by atoms with E-state index >= 15 is 0 Å². The number of hydrogen-bond acceptors (Lipinski definition) is 7. The van der Waals surface area contributed by atoms with Crippen molar-refractivity contribution in [1.82, 2.24) is 0 Å². The largest absolute Gasteiger partial charge is 0.452 e. The topological polar surface area (TPSA) is 127 Å². The Balaban J connectivity index is 2.79. The summed E-state index contributed by atoms with van der Waals surface area (Å²) in [4.78, 5) is 10.6. The molecule has 5 N–H and O–H groups in total. The van der Waals surface area contributed by atoms with Crippen molar-refractivity contribution in [3.8, 4) is 0 Å². The Morgan fingerprint density at radius 3 is 2.23 bits per heavy atom. The summed E-state index contributed by atoms with van der Waals surface area (Å²) in [6, 6.07) is 0. The highest BCUT2D eigenvalue weighted by atomic mass is 16.6. The molecule has 7 nitrogen and oxygen atoms in total. The third-order valence-corrected chi connectivity index (χ3v) is 1.81. The standard InChI is InChI=1S/C6H10O7/c7-1-6(11,12)4-2(8)3(9)5(10)13-4/h2-4,7-9,11-12H,1H2/t2?,3-,4+/m1/s1. The van der Waals surface area contributed by atoms with Crippen LogP contribution in [0, 0.1) is 0 Å². The molecule has 0 aliphatic carbocycles. The van der Waals surface area contributed by atoms with E-state index in [0.717, 1.165) is 0 Å². The maximum atomic E-state index is 10.6. The number of esters is 1. The first-order valence-corrected chi connectivity index (χ1v) is 3.52. The number of carbonyl (C=O) groups excluding carboxylic acids is 1. The summed E-state index contributed by atoms with van der Waals surface area (Å²) in [5.41, 5.74) is 0. The highest BCUT2D eigenvalue weighted by Crippen LogP contribution is 2.23. The van der Waals surface area contributed by atoms with Crippen LogP contribution in [0.1, 0.15) is 0 Å².